The van der Waals surface area contributed by atoms with Crippen LogP contribution in [0.1, 0.15) is 36.7 Å². The molecular weight excluding hydrogens is 419 g/mol. The summed E-state index contributed by atoms with van der Waals surface area (Å²) >= 11 is 0. The van der Waals surface area contributed by atoms with E-state index in [2.05, 4.69) is 10.0 Å². The number of carbonyl (C=O) groups excluding carboxylic acids is 1. The highest BCUT2D eigenvalue weighted by molar-refractivity contribution is 7.92. The third kappa shape index (κ3) is 5.21. The fourth-order valence-corrected chi connectivity index (χ4v) is 3.96. The lowest BCUT2D eigenvalue weighted by Crippen LogP contribution is -2.17. The number of hydrogen-bond acceptors (Lipinski definition) is 4. The van der Waals surface area contributed by atoms with Gasteiger partial charge in [-0.15, -0.1) is 0 Å². The molecule has 0 aliphatic rings. The molecule has 162 valence electrons. The van der Waals surface area contributed by atoms with Crippen LogP contribution in [-0.4, -0.2) is 19.4 Å². The molecule has 6 nitrogen and oxygen atoms in total. The Labute approximate surface area is 180 Å². The summed E-state index contributed by atoms with van der Waals surface area (Å²) in [4.78, 5) is 12.5. The molecule has 0 saturated carbocycles. The van der Waals surface area contributed by atoms with Crippen LogP contribution in [0.3, 0.4) is 0 Å². The summed E-state index contributed by atoms with van der Waals surface area (Å²) in [5.74, 6) is -1.41. The first-order chi connectivity index (χ1) is 14.5. The van der Waals surface area contributed by atoms with Crippen molar-refractivity contribution in [3.63, 3.8) is 0 Å². The van der Waals surface area contributed by atoms with E-state index in [0.29, 0.717) is 0 Å². The van der Waals surface area contributed by atoms with E-state index in [1.54, 1.807) is 12.1 Å². The van der Waals surface area contributed by atoms with Crippen LogP contribution in [0.25, 0.3) is 0 Å². The van der Waals surface area contributed by atoms with Crippen LogP contribution in [0, 0.1) is 5.82 Å². The monoisotopic (exact) mass is 442 g/mol. The van der Waals surface area contributed by atoms with E-state index >= 15 is 0 Å². The van der Waals surface area contributed by atoms with E-state index in [9.17, 15) is 22.7 Å². The maximum atomic E-state index is 13.8. The van der Waals surface area contributed by atoms with Gasteiger partial charge in [0.05, 0.1) is 16.3 Å². The number of benzene rings is 3. The van der Waals surface area contributed by atoms with E-state index in [-0.39, 0.29) is 33.0 Å². The number of carbonyl (C=O) groups is 1. The second kappa shape index (κ2) is 8.39. The summed E-state index contributed by atoms with van der Waals surface area (Å²) in [7, 11) is -4.12. The highest BCUT2D eigenvalue weighted by atomic mass is 32.2. The van der Waals surface area contributed by atoms with Gasteiger partial charge in [0, 0.05) is 5.56 Å². The molecule has 0 aliphatic heterocycles. The fourth-order valence-electron chi connectivity index (χ4n) is 2.85. The van der Waals surface area contributed by atoms with Crippen molar-refractivity contribution in [3.8, 4) is 5.75 Å². The summed E-state index contributed by atoms with van der Waals surface area (Å²) in [6.07, 6.45) is 0. The Balaban J connectivity index is 1.86. The number of anilines is 2. The van der Waals surface area contributed by atoms with Gasteiger partial charge in [0.15, 0.2) is 0 Å². The number of sulfonamides is 1. The molecule has 0 aliphatic carbocycles. The predicted molar refractivity (Wildman–Crippen MR) is 118 cm³/mol. The van der Waals surface area contributed by atoms with Gasteiger partial charge < -0.3 is 10.4 Å². The van der Waals surface area contributed by atoms with Crippen LogP contribution in [0.2, 0.25) is 0 Å². The molecule has 8 heteroatoms. The minimum absolute atomic E-state index is 0.0666. The van der Waals surface area contributed by atoms with Gasteiger partial charge in [-0.3, -0.25) is 9.52 Å². The first kappa shape index (κ1) is 22.3. The van der Waals surface area contributed by atoms with Crippen LogP contribution in [0.5, 0.6) is 5.75 Å². The number of halogens is 1. The number of amides is 1. The van der Waals surface area contributed by atoms with Gasteiger partial charge in [0.2, 0.25) is 0 Å². The summed E-state index contributed by atoms with van der Waals surface area (Å²) in [5.41, 5.74) is 0.805. The molecule has 0 bridgehead atoms. The third-order valence-electron chi connectivity index (χ3n) is 4.64. The lowest BCUT2D eigenvalue weighted by Gasteiger charge is -2.20. The number of aromatic hydroxyl groups is 1. The maximum absolute atomic E-state index is 13.8. The van der Waals surface area contributed by atoms with Crippen molar-refractivity contribution >= 4 is 27.3 Å². The number of phenols is 1. The van der Waals surface area contributed by atoms with E-state index in [1.807, 2.05) is 20.8 Å². The first-order valence-electron chi connectivity index (χ1n) is 9.50. The molecule has 0 spiro atoms. The maximum Gasteiger partial charge on any atom is 0.262 e. The Morgan fingerprint density at radius 1 is 0.935 bits per heavy atom. The standard InChI is InChI=1S/C23H23FN2O4S/c1-23(2,3)16-11-12-21(27)20(14-16)25-22(28)15-7-6-8-17(13-15)31(29,30)26-19-10-5-4-9-18(19)24/h4-14,26-27H,1-3H3,(H,25,28). The minimum Gasteiger partial charge on any atom is -0.506 e. The number of hydrogen-bond donors (Lipinski definition) is 3. The van der Waals surface area contributed by atoms with Crippen molar-refractivity contribution in [3.05, 3.63) is 83.7 Å². The van der Waals surface area contributed by atoms with Crippen molar-refractivity contribution in [2.75, 3.05) is 10.0 Å². The molecule has 3 aromatic rings. The van der Waals surface area contributed by atoms with Crippen molar-refractivity contribution in [1.29, 1.82) is 0 Å². The molecule has 3 aromatic carbocycles. The van der Waals surface area contributed by atoms with Crippen LogP contribution in [0.15, 0.2) is 71.6 Å². The van der Waals surface area contributed by atoms with Crippen LogP contribution in [0.4, 0.5) is 15.8 Å². The Kier molecular flexibility index (Phi) is 6.03. The van der Waals surface area contributed by atoms with Crippen molar-refractivity contribution < 1.29 is 22.7 Å². The van der Waals surface area contributed by atoms with Gasteiger partial charge in [-0.1, -0.05) is 45.0 Å². The predicted octanol–water partition coefficient (Wildman–Crippen LogP) is 4.88. The number of para-hydroxylation sites is 1. The lowest BCUT2D eigenvalue weighted by molar-refractivity contribution is 0.102. The zero-order valence-electron chi connectivity index (χ0n) is 17.3. The van der Waals surface area contributed by atoms with Crippen LogP contribution in [-0.2, 0) is 15.4 Å². The number of rotatable bonds is 5. The van der Waals surface area contributed by atoms with E-state index in [1.165, 1.54) is 48.5 Å². The van der Waals surface area contributed by atoms with Crippen molar-refractivity contribution in [2.45, 2.75) is 31.1 Å². The second-order valence-electron chi connectivity index (χ2n) is 8.05. The average molecular weight is 443 g/mol. The molecule has 0 fully saturated rings. The first-order valence-corrected chi connectivity index (χ1v) is 11.0. The topological polar surface area (TPSA) is 95.5 Å². The van der Waals surface area contributed by atoms with Gasteiger partial charge in [-0.05, 0) is 53.4 Å². The zero-order chi connectivity index (χ0) is 22.8. The minimum atomic E-state index is -4.12. The van der Waals surface area contributed by atoms with Crippen molar-refractivity contribution in [1.82, 2.24) is 0 Å². The van der Waals surface area contributed by atoms with Gasteiger partial charge in [-0.2, -0.15) is 0 Å². The third-order valence-corrected chi connectivity index (χ3v) is 6.00. The van der Waals surface area contributed by atoms with Gasteiger partial charge in [-0.25, -0.2) is 12.8 Å². The summed E-state index contributed by atoms with van der Waals surface area (Å²) in [6, 6.07) is 15.7. The molecule has 0 unspecified atom stereocenters. The Morgan fingerprint density at radius 2 is 1.65 bits per heavy atom. The number of nitrogens with one attached hydrogen (secondary N) is 2. The Bertz CT molecular complexity index is 1230. The SMILES string of the molecule is CC(C)(C)c1ccc(O)c(NC(=O)c2cccc(S(=O)(=O)Nc3ccccc3F)c2)c1. The lowest BCUT2D eigenvalue weighted by atomic mass is 9.87. The molecular formula is C23H23FN2O4S. The molecule has 0 aromatic heterocycles. The quantitative estimate of drug-likeness (QED) is 0.491. The van der Waals surface area contributed by atoms with E-state index < -0.39 is 21.7 Å². The highest BCUT2D eigenvalue weighted by Gasteiger charge is 2.20. The summed E-state index contributed by atoms with van der Waals surface area (Å²) in [6.45, 7) is 6.01. The van der Waals surface area contributed by atoms with E-state index in [4.69, 9.17) is 0 Å². The Morgan fingerprint density at radius 3 is 2.32 bits per heavy atom. The molecule has 31 heavy (non-hydrogen) atoms. The molecule has 0 radical (unpaired) electrons. The molecule has 3 N–H and O–H groups in total. The largest absolute Gasteiger partial charge is 0.506 e. The average Bonchev–Trinajstić information content (AvgIpc) is 2.70. The summed E-state index contributed by atoms with van der Waals surface area (Å²) in [5, 5.41) is 12.7. The van der Waals surface area contributed by atoms with Gasteiger partial charge in [0.25, 0.3) is 15.9 Å². The fraction of sp³-hybridized carbons (Fsp3) is 0.174. The molecule has 0 atom stereocenters. The normalized spacial score (nSPS) is 11.7. The van der Waals surface area contributed by atoms with Crippen LogP contribution < -0.4 is 10.0 Å². The van der Waals surface area contributed by atoms with E-state index in [0.717, 1.165) is 11.6 Å². The van der Waals surface area contributed by atoms with Crippen molar-refractivity contribution in [2.24, 2.45) is 0 Å². The molecule has 0 heterocycles. The van der Waals surface area contributed by atoms with Crippen LogP contribution >= 0.6 is 0 Å². The molecule has 0 saturated heterocycles. The molecule has 3 rings (SSSR count). The second-order valence-corrected chi connectivity index (χ2v) is 9.73. The summed E-state index contributed by atoms with van der Waals surface area (Å²) < 4.78 is 41.3. The van der Waals surface area contributed by atoms with Gasteiger partial charge in [0.1, 0.15) is 11.6 Å². The van der Waals surface area contributed by atoms with Gasteiger partial charge >= 0.3 is 0 Å². The molecule has 1 amide bonds. The Hall–Kier alpha value is -3.39. The smallest absolute Gasteiger partial charge is 0.262 e. The zero-order valence-corrected chi connectivity index (χ0v) is 18.1. The highest BCUT2D eigenvalue weighted by Crippen LogP contribution is 2.31. The number of phenolic OH excluding ortho intramolecular Hbond substituents is 1.